The number of benzene rings is 4. The van der Waals surface area contributed by atoms with Crippen LogP contribution in [0.1, 0.15) is 107 Å². The highest BCUT2D eigenvalue weighted by molar-refractivity contribution is 6.02. The molecule has 39 nitrogen and oxygen atoms in total. The molecule has 0 saturated carbocycles. The molecule has 1 saturated heterocycles. The Morgan fingerprint density at radius 3 is 1.35 bits per heavy atom. The Bertz CT molecular complexity index is 5280. The normalized spacial score (nSPS) is 15.6. The van der Waals surface area contributed by atoms with Crippen molar-refractivity contribution in [2.45, 2.75) is 190 Å². The lowest BCUT2D eigenvalue weighted by Gasteiger charge is -2.31. The van der Waals surface area contributed by atoms with E-state index in [1.165, 1.54) is 31.3 Å². The SMILES string of the molecule is CC(C)C[C@H](NC(=O)[C@@H](N)[C@@H](C)O)C(=O)N[C@@H](Cc1c[nH]c2ccccc12)C(=O)N1CCC[C@H]1C(=O)N[C@@H](Cc1c[nH]c2ccccc12)C(=O)N[C@@H](C)C(=O)N[C@@H](Cc1c[nH]c2ccccc12)C(=O)N[C@@H](CCCNC(=N)N)C(=O)N[C@@H](Cc1cnc[nH]1)C(=O)N[C@@H](CC(N)=O)C(=O)N[C@@H](Cc1c[nH]c2ccccc12)C(=O)N[C@@H](CCC(N)=O)C(=O)O. The molecule has 1 aliphatic rings. The third-order valence-electron chi connectivity index (χ3n) is 21.2. The van der Waals surface area contributed by atoms with E-state index in [1.807, 2.05) is 50.2 Å². The molecule has 0 aliphatic carbocycles. The van der Waals surface area contributed by atoms with Gasteiger partial charge < -0.3 is 121 Å². The number of aromatic nitrogens is 6. The van der Waals surface area contributed by atoms with Crippen LogP contribution in [-0.2, 0) is 99.2 Å². The average molecular weight is 1680 g/mol. The topological polar surface area (TPSA) is 635 Å². The van der Waals surface area contributed by atoms with Gasteiger partial charge in [-0.1, -0.05) is 86.6 Å². The fraction of sp³-hybridized carbons (Fsp3) is 0.398. The number of aliphatic carboxylic acids is 1. The maximum Gasteiger partial charge on any atom is 0.326 e. The van der Waals surface area contributed by atoms with Gasteiger partial charge in [0, 0.05) is 132 Å². The van der Waals surface area contributed by atoms with E-state index in [9.17, 15) is 53.4 Å². The molecule has 10 rings (SSSR count). The van der Waals surface area contributed by atoms with E-state index >= 15 is 24.0 Å². The number of hydrogen-bond donors (Lipinski definition) is 23. The number of nitrogens with zero attached hydrogens (tertiary/aromatic N) is 2. The Morgan fingerprint density at radius 2 is 0.893 bits per heavy atom. The minimum Gasteiger partial charge on any atom is -0.480 e. The van der Waals surface area contributed by atoms with Crippen LogP contribution in [0.3, 0.4) is 0 Å². The minimum absolute atomic E-state index is 0.0181. The summed E-state index contributed by atoms with van der Waals surface area (Å²) in [6, 6.07) is 10.4. The molecule has 4 aromatic carbocycles. The van der Waals surface area contributed by atoms with E-state index in [4.69, 9.17) is 28.3 Å². The molecule has 122 heavy (non-hydrogen) atoms. The number of aliphatic hydroxyl groups is 1. The number of nitrogens with two attached hydrogens (primary N) is 4. The number of imidazole rings is 1. The van der Waals surface area contributed by atoms with Crippen molar-refractivity contribution in [2.24, 2.45) is 28.9 Å². The highest BCUT2D eigenvalue weighted by Crippen LogP contribution is 2.27. The molecule has 0 spiro atoms. The molecule has 13 atom stereocenters. The third-order valence-corrected chi connectivity index (χ3v) is 21.2. The van der Waals surface area contributed by atoms with Gasteiger partial charge in [-0.3, -0.25) is 67.7 Å². The smallest absolute Gasteiger partial charge is 0.326 e. The van der Waals surface area contributed by atoms with E-state index in [0.717, 1.165) is 10.9 Å². The largest absolute Gasteiger partial charge is 0.480 e. The monoisotopic (exact) mass is 1680 g/mol. The molecule has 0 bridgehead atoms. The Labute approximate surface area is 699 Å². The Hall–Kier alpha value is -14.0. The molecule has 0 radical (unpaired) electrons. The number of amides is 13. The van der Waals surface area contributed by atoms with Crippen molar-refractivity contribution in [3.63, 3.8) is 0 Å². The summed E-state index contributed by atoms with van der Waals surface area (Å²) in [5.41, 5.74) is 27.8. The number of aromatic amines is 5. The summed E-state index contributed by atoms with van der Waals surface area (Å²) in [7, 11) is 0. The Balaban J connectivity index is 0.893. The van der Waals surface area contributed by atoms with Gasteiger partial charge in [0.15, 0.2) is 5.96 Å². The first kappa shape index (κ1) is 90.3. The quantitative estimate of drug-likeness (QED) is 0.0123. The van der Waals surface area contributed by atoms with E-state index < -0.39 is 193 Å². The predicted molar refractivity (Wildman–Crippen MR) is 448 cm³/mol. The van der Waals surface area contributed by atoms with Gasteiger partial charge in [-0.25, -0.2) is 9.78 Å². The lowest BCUT2D eigenvalue weighted by molar-refractivity contribution is -0.143. The van der Waals surface area contributed by atoms with Crippen molar-refractivity contribution in [2.75, 3.05) is 13.1 Å². The second-order valence-electron chi connectivity index (χ2n) is 30.9. The van der Waals surface area contributed by atoms with E-state index in [-0.39, 0.29) is 76.1 Å². The van der Waals surface area contributed by atoms with Crippen LogP contribution in [0.4, 0.5) is 0 Å². The lowest BCUT2D eigenvalue weighted by atomic mass is 9.99. The minimum atomic E-state index is -1.89. The number of carboxylic acids is 1. The molecule has 1 fully saturated rings. The number of carbonyl (C=O) groups is 14. The standard InChI is InChI=1S/C83H105N23O16/c1-42(2)29-60(104-80(119)70(86)44(4)107)74(113)105-66(33-48-39-94-57-22-12-8-18-53(48)57)81(120)106-28-14-24-67(106)79(118)103-61(30-45-36-91-54-19-9-5-15-50(45)54)73(112)96-43(3)71(110)99-62(31-46-37-92-55-20-10-6-16-51(46)55)75(114)97-58(23-13-27-90-83(87)88)72(111)101-64(34-49-40-89-41-95-49)77(116)102-65(35-69(85)109)78(117)100-63(32-47-38-93-56-21-11-7-17-52(47)56)76(115)98-59(82(121)122)25-26-68(84)108/h5-12,15-22,36-44,58-67,70,91-94,107H,13-14,23-35,86H2,1-4H3,(H2,84,108)(H2,85,109)(H,89,95)(H,96,112)(H,97,114)(H,98,115)(H,99,110)(H,100,117)(H,101,111)(H,102,116)(H,103,118)(H,104,119)(H,105,113)(H,121,122)(H4,87,88,90)/t43-,44+,58-,59-,60-,61-,62-,63-,64-,65-,66-,67-,70-/m0/s1. The zero-order valence-electron chi connectivity index (χ0n) is 67.7. The number of rotatable bonds is 44. The lowest BCUT2D eigenvalue weighted by Crippen LogP contribution is -2.61. The van der Waals surface area contributed by atoms with Gasteiger partial charge >= 0.3 is 5.97 Å². The van der Waals surface area contributed by atoms with Gasteiger partial charge in [0.1, 0.15) is 72.5 Å². The van der Waals surface area contributed by atoms with Crippen LogP contribution in [0.25, 0.3) is 43.6 Å². The molecular weight excluding hydrogens is 1580 g/mol. The number of primary amides is 2. The van der Waals surface area contributed by atoms with Gasteiger partial charge in [-0.2, -0.15) is 0 Å². The van der Waals surface area contributed by atoms with Crippen LogP contribution in [0.2, 0.25) is 0 Å². The first-order chi connectivity index (χ1) is 58.3. The number of guanidine groups is 1. The summed E-state index contributed by atoms with van der Waals surface area (Å²) in [5.74, 6) is -14.1. The number of fused-ring (bicyclic) bond motifs is 4. The summed E-state index contributed by atoms with van der Waals surface area (Å²) < 4.78 is 0. The number of hydrogen-bond acceptors (Lipinski definition) is 18. The van der Waals surface area contributed by atoms with Crippen LogP contribution < -0.4 is 81.4 Å². The molecular formula is C83H105N23O16. The maximum absolute atomic E-state index is 15.3. The maximum atomic E-state index is 15.3. The second kappa shape index (κ2) is 42.1. The number of aliphatic hydroxyl groups excluding tert-OH is 1. The van der Waals surface area contributed by atoms with E-state index in [0.29, 0.717) is 61.4 Å². The van der Waals surface area contributed by atoms with Crippen LogP contribution in [0.15, 0.2) is 134 Å². The van der Waals surface area contributed by atoms with Crippen molar-refractivity contribution in [3.05, 3.63) is 162 Å². The molecule has 9 aromatic rings. The van der Waals surface area contributed by atoms with Crippen LogP contribution in [0.5, 0.6) is 0 Å². The highest BCUT2D eigenvalue weighted by Gasteiger charge is 2.42. The molecule has 27 N–H and O–H groups in total. The molecule has 39 heteroatoms. The van der Waals surface area contributed by atoms with E-state index in [1.54, 1.807) is 85.5 Å². The van der Waals surface area contributed by atoms with Crippen LogP contribution in [-0.4, -0.2) is 225 Å². The summed E-state index contributed by atoms with van der Waals surface area (Å²) in [6.07, 6.45) is 5.31. The number of nitrogens with one attached hydrogen (secondary N) is 17. The van der Waals surface area contributed by atoms with E-state index in [2.05, 4.69) is 88.4 Å². The predicted octanol–water partition coefficient (Wildman–Crippen LogP) is -1.05. The van der Waals surface area contributed by atoms with Crippen LogP contribution in [0, 0.1) is 11.3 Å². The first-order valence-electron chi connectivity index (χ1n) is 40.1. The second-order valence-corrected chi connectivity index (χ2v) is 30.9. The molecule has 13 amide bonds. The summed E-state index contributed by atoms with van der Waals surface area (Å²) in [5, 5.41) is 59.9. The van der Waals surface area contributed by atoms with Gasteiger partial charge in [-0.15, -0.1) is 0 Å². The number of para-hydroxylation sites is 4. The highest BCUT2D eigenvalue weighted by atomic mass is 16.4. The summed E-state index contributed by atoms with van der Waals surface area (Å²) in [6.45, 7) is 6.37. The molecule has 1 aliphatic heterocycles. The third kappa shape index (κ3) is 24.4. The van der Waals surface area contributed by atoms with Crippen LogP contribution >= 0.6 is 0 Å². The number of carbonyl (C=O) groups excluding carboxylic acids is 13. The van der Waals surface area contributed by atoms with Crippen molar-refractivity contribution in [1.29, 1.82) is 5.41 Å². The fourth-order valence-corrected chi connectivity index (χ4v) is 14.8. The van der Waals surface area contributed by atoms with Crippen molar-refractivity contribution in [3.8, 4) is 0 Å². The molecule has 648 valence electrons. The van der Waals surface area contributed by atoms with Gasteiger partial charge in [0.25, 0.3) is 0 Å². The first-order valence-corrected chi connectivity index (χ1v) is 40.1. The zero-order valence-corrected chi connectivity index (χ0v) is 67.7. The van der Waals surface area contributed by atoms with Gasteiger partial charge in [0.05, 0.1) is 18.9 Å². The number of H-pyrrole nitrogens is 5. The number of carboxylic acid groups (broad SMARTS) is 1. The van der Waals surface area contributed by atoms with Gasteiger partial charge in [0.2, 0.25) is 76.8 Å². The zero-order chi connectivity index (χ0) is 88.0. The van der Waals surface area contributed by atoms with Crippen molar-refractivity contribution in [1.82, 2.24) is 93.3 Å². The Kier molecular flexibility index (Phi) is 31.2. The summed E-state index contributed by atoms with van der Waals surface area (Å²) in [4.78, 5) is 220. The fourth-order valence-electron chi connectivity index (χ4n) is 14.8. The molecule has 6 heterocycles. The molecule has 0 unspecified atom stereocenters. The van der Waals surface area contributed by atoms with Crippen molar-refractivity contribution < 1.29 is 77.3 Å². The number of likely N-dealkylation sites (tertiary alicyclic amines) is 1. The summed E-state index contributed by atoms with van der Waals surface area (Å²) >= 11 is 0. The average Bonchev–Trinajstić information content (AvgIpc) is 1.63. The van der Waals surface area contributed by atoms with Crippen molar-refractivity contribution >= 4 is 132 Å². The Morgan fingerprint density at radius 1 is 0.484 bits per heavy atom. The van der Waals surface area contributed by atoms with Gasteiger partial charge in [-0.05, 0) is 105 Å². The molecule has 5 aromatic heterocycles.